The van der Waals surface area contributed by atoms with E-state index >= 15 is 0 Å². The molecule has 0 bridgehead atoms. The van der Waals surface area contributed by atoms with E-state index in [4.69, 9.17) is 0 Å². The van der Waals surface area contributed by atoms with E-state index in [1.807, 2.05) is 0 Å². The number of rotatable bonds is 4. The number of benzene rings is 1. The largest absolute Gasteiger partial charge is 0.316 e. The number of hydrogen-bond acceptors (Lipinski definition) is 3. The number of nitrogens with one attached hydrogen (secondary N) is 1. The van der Waals surface area contributed by atoms with Crippen LogP contribution >= 0.6 is 0 Å². The van der Waals surface area contributed by atoms with Gasteiger partial charge in [0.05, 0.1) is 0 Å². The molecular formula is C17H27N3. The lowest BCUT2D eigenvalue weighted by atomic mass is 9.97. The lowest BCUT2D eigenvalue weighted by Crippen LogP contribution is -2.45. The fraction of sp³-hybridized carbons (Fsp3) is 0.647. The average Bonchev–Trinajstić information content (AvgIpc) is 3.01. The maximum Gasteiger partial charge on any atom is 0.0110 e. The topological polar surface area (TPSA) is 18.5 Å². The molecule has 0 spiro atoms. The Morgan fingerprint density at radius 2 is 1.85 bits per heavy atom. The highest BCUT2D eigenvalue weighted by atomic mass is 15.2. The normalized spacial score (nSPS) is 25.1. The molecule has 3 rings (SSSR count). The quantitative estimate of drug-likeness (QED) is 0.898. The lowest BCUT2D eigenvalue weighted by Gasteiger charge is -2.32. The van der Waals surface area contributed by atoms with Crippen LogP contribution in [0.5, 0.6) is 0 Å². The van der Waals surface area contributed by atoms with Crippen molar-refractivity contribution in [3.63, 3.8) is 0 Å². The minimum atomic E-state index is 0.738. The zero-order valence-electron chi connectivity index (χ0n) is 12.6. The van der Waals surface area contributed by atoms with Crippen LogP contribution in [0.4, 0.5) is 0 Å². The third kappa shape index (κ3) is 3.60. The van der Waals surface area contributed by atoms with E-state index in [1.54, 1.807) is 0 Å². The molecule has 1 atom stereocenters. The minimum absolute atomic E-state index is 0.738. The van der Waals surface area contributed by atoms with Gasteiger partial charge in [-0.3, -0.25) is 0 Å². The van der Waals surface area contributed by atoms with E-state index in [9.17, 15) is 0 Å². The number of piperazine rings is 1. The van der Waals surface area contributed by atoms with Crippen LogP contribution in [0.1, 0.15) is 23.5 Å². The molecule has 0 aromatic heterocycles. The molecule has 2 saturated heterocycles. The Morgan fingerprint density at radius 3 is 2.50 bits per heavy atom. The zero-order valence-corrected chi connectivity index (χ0v) is 12.6. The molecule has 1 aromatic rings. The standard InChI is InChI=1S/C17H27N3/c1-19-10-12-20(13-11-19)9-7-15-2-4-16(5-3-15)17-6-8-18-14-17/h2-5,17-18H,6-14H2,1H3. The molecule has 0 saturated carbocycles. The Morgan fingerprint density at radius 1 is 1.10 bits per heavy atom. The molecule has 2 heterocycles. The summed E-state index contributed by atoms with van der Waals surface area (Å²) in [5.41, 5.74) is 3.00. The van der Waals surface area contributed by atoms with Gasteiger partial charge in [-0.2, -0.15) is 0 Å². The molecular weight excluding hydrogens is 246 g/mol. The van der Waals surface area contributed by atoms with Crippen molar-refractivity contribution in [2.75, 3.05) is 52.9 Å². The van der Waals surface area contributed by atoms with E-state index in [-0.39, 0.29) is 0 Å². The minimum Gasteiger partial charge on any atom is -0.316 e. The van der Waals surface area contributed by atoms with Crippen molar-refractivity contribution in [1.82, 2.24) is 15.1 Å². The third-order valence-electron chi connectivity index (χ3n) is 4.82. The molecule has 0 amide bonds. The Bertz CT molecular complexity index is 401. The molecule has 2 fully saturated rings. The molecule has 1 aromatic carbocycles. The highest BCUT2D eigenvalue weighted by molar-refractivity contribution is 5.26. The second-order valence-electron chi connectivity index (χ2n) is 6.33. The van der Waals surface area contributed by atoms with Gasteiger partial charge < -0.3 is 15.1 Å². The Balaban J connectivity index is 1.48. The Labute approximate surface area is 123 Å². The second kappa shape index (κ2) is 6.70. The van der Waals surface area contributed by atoms with Crippen molar-refractivity contribution in [2.45, 2.75) is 18.8 Å². The number of nitrogens with zero attached hydrogens (tertiary/aromatic N) is 2. The molecule has 3 nitrogen and oxygen atoms in total. The van der Waals surface area contributed by atoms with Crippen molar-refractivity contribution in [3.8, 4) is 0 Å². The first-order valence-electron chi connectivity index (χ1n) is 8.02. The summed E-state index contributed by atoms with van der Waals surface area (Å²) in [6.45, 7) is 8.42. The molecule has 1 N–H and O–H groups in total. The SMILES string of the molecule is CN1CCN(CCc2ccc(C3CCNC3)cc2)CC1. The summed E-state index contributed by atoms with van der Waals surface area (Å²) in [5, 5.41) is 3.45. The van der Waals surface area contributed by atoms with Crippen LogP contribution in [0.3, 0.4) is 0 Å². The average molecular weight is 273 g/mol. The summed E-state index contributed by atoms with van der Waals surface area (Å²) in [6.07, 6.45) is 2.48. The maximum absolute atomic E-state index is 3.45. The Kier molecular flexibility index (Phi) is 4.71. The van der Waals surface area contributed by atoms with Crippen molar-refractivity contribution in [2.24, 2.45) is 0 Å². The van der Waals surface area contributed by atoms with Crippen LogP contribution in [-0.2, 0) is 6.42 Å². The molecule has 2 aliphatic rings. The molecule has 0 aliphatic carbocycles. The van der Waals surface area contributed by atoms with Gasteiger partial charge in [-0.25, -0.2) is 0 Å². The number of likely N-dealkylation sites (N-methyl/N-ethyl adjacent to an activating group) is 1. The first-order valence-corrected chi connectivity index (χ1v) is 8.02. The highest BCUT2D eigenvalue weighted by Gasteiger charge is 2.16. The van der Waals surface area contributed by atoms with Gasteiger partial charge in [0.15, 0.2) is 0 Å². The van der Waals surface area contributed by atoms with Crippen molar-refractivity contribution in [1.29, 1.82) is 0 Å². The first kappa shape index (κ1) is 14.1. The molecule has 20 heavy (non-hydrogen) atoms. The van der Waals surface area contributed by atoms with E-state index in [1.165, 1.54) is 63.2 Å². The Hall–Kier alpha value is -0.900. The second-order valence-corrected chi connectivity index (χ2v) is 6.33. The van der Waals surface area contributed by atoms with Crippen molar-refractivity contribution in [3.05, 3.63) is 35.4 Å². The summed E-state index contributed by atoms with van der Waals surface area (Å²) < 4.78 is 0. The van der Waals surface area contributed by atoms with Crippen molar-refractivity contribution < 1.29 is 0 Å². The summed E-state index contributed by atoms with van der Waals surface area (Å²) in [5.74, 6) is 0.738. The smallest absolute Gasteiger partial charge is 0.0110 e. The van der Waals surface area contributed by atoms with Crippen LogP contribution < -0.4 is 5.32 Å². The van der Waals surface area contributed by atoms with E-state index < -0.39 is 0 Å². The predicted molar refractivity (Wildman–Crippen MR) is 84.3 cm³/mol. The van der Waals surface area contributed by atoms with Gasteiger partial charge in [-0.15, -0.1) is 0 Å². The van der Waals surface area contributed by atoms with Gasteiger partial charge in [0, 0.05) is 39.3 Å². The van der Waals surface area contributed by atoms with Gasteiger partial charge in [0.1, 0.15) is 0 Å². The summed E-state index contributed by atoms with van der Waals surface area (Å²) in [6, 6.07) is 9.36. The van der Waals surface area contributed by atoms with Gasteiger partial charge in [0.25, 0.3) is 0 Å². The summed E-state index contributed by atoms with van der Waals surface area (Å²) >= 11 is 0. The van der Waals surface area contributed by atoms with E-state index in [2.05, 4.69) is 46.4 Å². The summed E-state index contributed by atoms with van der Waals surface area (Å²) in [4.78, 5) is 5.01. The summed E-state index contributed by atoms with van der Waals surface area (Å²) in [7, 11) is 2.22. The van der Waals surface area contributed by atoms with Gasteiger partial charge in [-0.05, 0) is 43.5 Å². The highest BCUT2D eigenvalue weighted by Crippen LogP contribution is 2.22. The maximum atomic E-state index is 3.45. The van der Waals surface area contributed by atoms with Crippen LogP contribution in [0.25, 0.3) is 0 Å². The first-order chi connectivity index (χ1) is 9.81. The lowest BCUT2D eigenvalue weighted by molar-refractivity contribution is 0.155. The van der Waals surface area contributed by atoms with Crippen LogP contribution in [0.2, 0.25) is 0 Å². The molecule has 2 aliphatic heterocycles. The monoisotopic (exact) mass is 273 g/mol. The predicted octanol–water partition coefficient (Wildman–Crippen LogP) is 1.55. The van der Waals surface area contributed by atoms with Gasteiger partial charge in [-0.1, -0.05) is 24.3 Å². The molecule has 3 heteroatoms. The molecule has 0 radical (unpaired) electrons. The van der Waals surface area contributed by atoms with Crippen molar-refractivity contribution >= 4 is 0 Å². The number of hydrogen-bond donors (Lipinski definition) is 1. The fourth-order valence-corrected chi connectivity index (χ4v) is 3.25. The van der Waals surface area contributed by atoms with Crippen LogP contribution in [0.15, 0.2) is 24.3 Å². The fourth-order valence-electron chi connectivity index (χ4n) is 3.25. The molecule has 110 valence electrons. The van der Waals surface area contributed by atoms with Gasteiger partial charge in [0.2, 0.25) is 0 Å². The zero-order chi connectivity index (χ0) is 13.8. The van der Waals surface area contributed by atoms with Crippen LogP contribution in [-0.4, -0.2) is 62.7 Å². The van der Waals surface area contributed by atoms with Gasteiger partial charge >= 0.3 is 0 Å². The third-order valence-corrected chi connectivity index (χ3v) is 4.82. The van der Waals surface area contributed by atoms with Crippen LogP contribution in [0, 0.1) is 0 Å². The molecule has 1 unspecified atom stereocenters. The van der Waals surface area contributed by atoms with E-state index in [0.29, 0.717) is 0 Å². The van der Waals surface area contributed by atoms with E-state index in [0.717, 1.165) is 12.5 Å².